The monoisotopic (exact) mass is 272 g/mol. The van der Waals surface area contributed by atoms with Crippen molar-refractivity contribution in [1.82, 2.24) is 4.98 Å². The third kappa shape index (κ3) is 3.08. The molecular formula is C16H20N2O2. The molecule has 20 heavy (non-hydrogen) atoms. The maximum absolute atomic E-state index is 5.87. The van der Waals surface area contributed by atoms with Crippen molar-refractivity contribution in [2.75, 3.05) is 12.3 Å². The molecule has 0 aliphatic carbocycles. The number of nitrogens with two attached hydrogens (primary N) is 1. The Kier molecular flexibility index (Phi) is 4.25. The van der Waals surface area contributed by atoms with Crippen LogP contribution in [0.5, 0.6) is 11.6 Å². The molecule has 2 N–H and O–H groups in total. The van der Waals surface area contributed by atoms with Gasteiger partial charge in [-0.05, 0) is 39.0 Å². The van der Waals surface area contributed by atoms with Crippen LogP contribution < -0.4 is 10.5 Å². The van der Waals surface area contributed by atoms with E-state index in [1.807, 2.05) is 45.0 Å². The number of benzene rings is 1. The Labute approximate surface area is 119 Å². The van der Waals surface area contributed by atoms with E-state index in [-0.39, 0.29) is 0 Å². The molecule has 0 radical (unpaired) electrons. The summed E-state index contributed by atoms with van der Waals surface area (Å²) in [5.74, 6) is 1.11. The first-order valence-electron chi connectivity index (χ1n) is 6.66. The molecule has 1 aromatic heterocycles. The van der Waals surface area contributed by atoms with Crippen LogP contribution >= 0.6 is 0 Å². The number of pyridine rings is 1. The third-order valence-corrected chi connectivity index (χ3v) is 3.05. The van der Waals surface area contributed by atoms with Crippen molar-refractivity contribution in [2.24, 2.45) is 0 Å². The lowest BCUT2D eigenvalue weighted by Gasteiger charge is -2.27. The average molecular weight is 272 g/mol. The zero-order chi connectivity index (χ0) is 14.6. The molecule has 0 bridgehead atoms. The second kappa shape index (κ2) is 5.92. The number of hydrogen-bond donors (Lipinski definition) is 1. The summed E-state index contributed by atoms with van der Waals surface area (Å²) in [6.07, 6.45) is 1.65. The Hall–Kier alpha value is -2.07. The zero-order valence-electron chi connectivity index (χ0n) is 12.1. The van der Waals surface area contributed by atoms with Gasteiger partial charge in [-0.1, -0.05) is 18.2 Å². The normalized spacial score (nSPS) is 11.3. The molecule has 0 saturated carbocycles. The van der Waals surface area contributed by atoms with Gasteiger partial charge in [0, 0.05) is 18.4 Å². The van der Waals surface area contributed by atoms with E-state index in [1.165, 1.54) is 0 Å². The summed E-state index contributed by atoms with van der Waals surface area (Å²) in [7, 11) is 0. The van der Waals surface area contributed by atoms with Crippen LogP contribution in [0.2, 0.25) is 0 Å². The molecule has 0 atom stereocenters. The fraction of sp³-hybridized carbons (Fsp3) is 0.312. The molecule has 2 rings (SSSR count). The molecule has 0 spiro atoms. The first kappa shape index (κ1) is 14.3. The minimum atomic E-state index is -0.436. The highest BCUT2D eigenvalue weighted by atomic mass is 16.5. The van der Waals surface area contributed by atoms with Crippen LogP contribution in [0.1, 0.15) is 26.3 Å². The number of nitrogens with zero attached hydrogens (tertiary/aromatic N) is 1. The summed E-state index contributed by atoms with van der Waals surface area (Å²) in [5, 5.41) is 0. The molecular weight excluding hydrogens is 252 g/mol. The molecule has 0 aliphatic rings. The standard InChI is InChI=1S/C16H20N2O2/c1-4-19-16(2,3)12-8-5-6-10-14(12)20-15-13(17)9-7-11-18-15/h5-11H,4,17H2,1-3H3. The van der Waals surface area contributed by atoms with Gasteiger partial charge in [0.1, 0.15) is 5.75 Å². The summed E-state index contributed by atoms with van der Waals surface area (Å²) >= 11 is 0. The van der Waals surface area contributed by atoms with Crippen molar-refractivity contribution < 1.29 is 9.47 Å². The lowest BCUT2D eigenvalue weighted by Crippen LogP contribution is -2.22. The SMILES string of the molecule is CCOC(C)(C)c1ccccc1Oc1ncccc1N. The maximum Gasteiger partial charge on any atom is 0.242 e. The van der Waals surface area contributed by atoms with E-state index in [9.17, 15) is 0 Å². The Balaban J connectivity index is 2.36. The van der Waals surface area contributed by atoms with E-state index in [1.54, 1.807) is 18.3 Å². The van der Waals surface area contributed by atoms with Crippen LogP contribution in [-0.4, -0.2) is 11.6 Å². The first-order valence-corrected chi connectivity index (χ1v) is 6.66. The Bertz CT molecular complexity index is 582. The van der Waals surface area contributed by atoms with Gasteiger partial charge in [-0.15, -0.1) is 0 Å². The first-order chi connectivity index (χ1) is 9.54. The van der Waals surface area contributed by atoms with E-state index < -0.39 is 5.60 Å². The summed E-state index contributed by atoms with van der Waals surface area (Å²) in [6.45, 7) is 6.63. The van der Waals surface area contributed by atoms with Crippen molar-refractivity contribution in [3.8, 4) is 11.6 Å². The van der Waals surface area contributed by atoms with E-state index in [0.717, 1.165) is 5.56 Å². The highest BCUT2D eigenvalue weighted by Crippen LogP contribution is 2.35. The minimum Gasteiger partial charge on any atom is -0.437 e. The molecule has 2 aromatic rings. The number of ether oxygens (including phenoxy) is 2. The van der Waals surface area contributed by atoms with Crippen LogP contribution in [-0.2, 0) is 10.3 Å². The minimum absolute atomic E-state index is 0.409. The molecule has 0 aliphatic heterocycles. The van der Waals surface area contributed by atoms with Crippen molar-refractivity contribution >= 4 is 5.69 Å². The highest BCUT2D eigenvalue weighted by molar-refractivity contribution is 5.50. The second-order valence-corrected chi connectivity index (χ2v) is 4.94. The van der Waals surface area contributed by atoms with Gasteiger partial charge in [0.15, 0.2) is 0 Å². The van der Waals surface area contributed by atoms with Crippen molar-refractivity contribution in [2.45, 2.75) is 26.4 Å². The van der Waals surface area contributed by atoms with Crippen LogP contribution in [0.3, 0.4) is 0 Å². The molecule has 0 amide bonds. The van der Waals surface area contributed by atoms with Crippen LogP contribution in [0.15, 0.2) is 42.6 Å². The maximum atomic E-state index is 5.87. The lowest BCUT2D eigenvalue weighted by atomic mass is 9.97. The Morgan fingerprint density at radius 1 is 1.15 bits per heavy atom. The highest BCUT2D eigenvalue weighted by Gasteiger charge is 2.25. The number of nitrogen functional groups attached to an aromatic ring is 1. The summed E-state index contributed by atoms with van der Waals surface area (Å²) in [6, 6.07) is 11.3. The second-order valence-electron chi connectivity index (χ2n) is 4.94. The molecule has 1 aromatic carbocycles. The Morgan fingerprint density at radius 2 is 1.90 bits per heavy atom. The molecule has 1 heterocycles. The van der Waals surface area contributed by atoms with Gasteiger partial charge in [0.2, 0.25) is 5.88 Å². The molecule has 0 unspecified atom stereocenters. The largest absolute Gasteiger partial charge is 0.437 e. The zero-order valence-corrected chi connectivity index (χ0v) is 12.1. The van der Waals surface area contributed by atoms with Gasteiger partial charge in [0.25, 0.3) is 0 Å². The summed E-state index contributed by atoms with van der Waals surface area (Å²) in [4.78, 5) is 4.15. The van der Waals surface area contributed by atoms with Gasteiger partial charge < -0.3 is 15.2 Å². The number of hydrogen-bond acceptors (Lipinski definition) is 4. The van der Waals surface area contributed by atoms with E-state index >= 15 is 0 Å². The third-order valence-electron chi connectivity index (χ3n) is 3.05. The predicted octanol–water partition coefficient (Wildman–Crippen LogP) is 3.73. The van der Waals surface area contributed by atoms with Gasteiger partial charge in [-0.3, -0.25) is 0 Å². The molecule has 0 saturated heterocycles. The van der Waals surface area contributed by atoms with E-state index in [0.29, 0.717) is 23.9 Å². The number of para-hydroxylation sites is 1. The molecule has 106 valence electrons. The molecule has 4 heteroatoms. The number of aromatic nitrogens is 1. The lowest BCUT2D eigenvalue weighted by molar-refractivity contribution is -0.0153. The van der Waals surface area contributed by atoms with Crippen molar-refractivity contribution in [3.63, 3.8) is 0 Å². The van der Waals surface area contributed by atoms with Crippen LogP contribution in [0.4, 0.5) is 5.69 Å². The van der Waals surface area contributed by atoms with Crippen LogP contribution in [0, 0.1) is 0 Å². The van der Waals surface area contributed by atoms with E-state index in [2.05, 4.69) is 4.98 Å². The smallest absolute Gasteiger partial charge is 0.242 e. The average Bonchev–Trinajstić information content (AvgIpc) is 2.42. The summed E-state index contributed by atoms with van der Waals surface area (Å²) < 4.78 is 11.6. The number of anilines is 1. The molecule has 4 nitrogen and oxygen atoms in total. The molecule has 0 fully saturated rings. The van der Waals surface area contributed by atoms with Gasteiger partial charge in [-0.2, -0.15) is 0 Å². The van der Waals surface area contributed by atoms with Crippen molar-refractivity contribution in [3.05, 3.63) is 48.2 Å². The predicted molar refractivity (Wildman–Crippen MR) is 79.8 cm³/mol. The van der Waals surface area contributed by atoms with Gasteiger partial charge in [0.05, 0.1) is 11.3 Å². The van der Waals surface area contributed by atoms with Gasteiger partial charge in [-0.25, -0.2) is 4.98 Å². The quantitative estimate of drug-likeness (QED) is 0.901. The Morgan fingerprint density at radius 3 is 2.60 bits per heavy atom. The fourth-order valence-corrected chi connectivity index (χ4v) is 2.08. The topological polar surface area (TPSA) is 57.4 Å². The number of rotatable bonds is 5. The van der Waals surface area contributed by atoms with Gasteiger partial charge >= 0.3 is 0 Å². The van der Waals surface area contributed by atoms with Crippen LogP contribution in [0.25, 0.3) is 0 Å². The summed E-state index contributed by atoms with van der Waals surface area (Å²) in [5.41, 5.74) is 6.91. The van der Waals surface area contributed by atoms with Crippen molar-refractivity contribution in [1.29, 1.82) is 0 Å². The van der Waals surface area contributed by atoms with E-state index in [4.69, 9.17) is 15.2 Å². The fourth-order valence-electron chi connectivity index (χ4n) is 2.08.